The molecule has 3 heterocycles. The zero-order chi connectivity index (χ0) is 23.7. The number of non-ortho nitro benzene ring substituents is 1. The molecule has 0 aliphatic carbocycles. The van der Waals surface area contributed by atoms with Gasteiger partial charge < -0.3 is 10.6 Å². The molecular formula is C22H16N8O3S. The molecule has 34 heavy (non-hydrogen) atoms. The van der Waals surface area contributed by atoms with Crippen molar-refractivity contribution in [3.8, 4) is 22.5 Å². The van der Waals surface area contributed by atoms with E-state index in [-0.39, 0.29) is 11.6 Å². The van der Waals surface area contributed by atoms with E-state index in [1.807, 2.05) is 29.6 Å². The van der Waals surface area contributed by atoms with E-state index in [2.05, 4.69) is 30.9 Å². The summed E-state index contributed by atoms with van der Waals surface area (Å²) < 4.78 is 1.73. The number of nitro groups is 1. The number of rotatable bonds is 6. The molecule has 168 valence electrons. The van der Waals surface area contributed by atoms with Crippen molar-refractivity contribution >= 4 is 45.3 Å². The molecule has 0 spiro atoms. The molecule has 0 radical (unpaired) electrons. The van der Waals surface area contributed by atoms with Gasteiger partial charge in [-0.15, -0.1) is 26.6 Å². The summed E-state index contributed by atoms with van der Waals surface area (Å²) in [5.74, 6) is 0.674. The molecule has 1 amide bonds. The van der Waals surface area contributed by atoms with Crippen LogP contribution in [0.1, 0.15) is 6.92 Å². The highest BCUT2D eigenvalue weighted by Gasteiger charge is 2.13. The maximum Gasteiger partial charge on any atom is 0.270 e. The predicted octanol–water partition coefficient (Wildman–Crippen LogP) is 4.53. The van der Waals surface area contributed by atoms with Crippen molar-refractivity contribution in [2.24, 2.45) is 0 Å². The third kappa shape index (κ3) is 4.29. The minimum atomic E-state index is -0.450. The third-order valence-electron chi connectivity index (χ3n) is 4.84. The second-order valence-corrected chi connectivity index (χ2v) is 8.08. The third-order valence-corrected chi connectivity index (χ3v) is 5.66. The molecule has 2 aromatic carbocycles. The summed E-state index contributed by atoms with van der Waals surface area (Å²) in [6.07, 6.45) is 0. The first-order valence-electron chi connectivity index (χ1n) is 10.0. The lowest BCUT2D eigenvalue weighted by Crippen LogP contribution is -2.05. The molecule has 0 aliphatic heterocycles. The number of anilines is 3. The van der Waals surface area contributed by atoms with Gasteiger partial charge in [-0.05, 0) is 24.3 Å². The molecule has 0 aliphatic rings. The SMILES string of the molecule is CC(=O)Nc1ccc(-c2csc3nc(Nc4ccc(-c5cccc([N+](=O)[O-])c5)nn4)nn23)cc1. The maximum absolute atomic E-state index is 11.2. The summed E-state index contributed by atoms with van der Waals surface area (Å²) in [5, 5.41) is 31.5. The number of nitro benzene ring substituents is 1. The molecule has 0 unspecified atom stereocenters. The molecule has 2 N–H and O–H groups in total. The molecule has 0 saturated heterocycles. The van der Waals surface area contributed by atoms with Crippen LogP contribution in [0.3, 0.4) is 0 Å². The van der Waals surface area contributed by atoms with Crippen LogP contribution in [0.25, 0.3) is 27.5 Å². The Kier molecular flexibility index (Phi) is 5.40. The second-order valence-electron chi connectivity index (χ2n) is 7.25. The first-order chi connectivity index (χ1) is 16.5. The Morgan fingerprint density at radius 1 is 1.06 bits per heavy atom. The zero-order valence-corrected chi connectivity index (χ0v) is 18.5. The number of hydrogen-bond acceptors (Lipinski definition) is 9. The van der Waals surface area contributed by atoms with E-state index in [0.29, 0.717) is 28.0 Å². The molecule has 0 atom stereocenters. The minimum Gasteiger partial charge on any atom is -0.326 e. The standard InChI is InChI=1S/C22H16N8O3S/c1-13(31)23-16-7-5-14(6-8-16)19-12-34-22-25-21(28-29(19)22)24-20-10-9-18(26-27-20)15-3-2-4-17(11-15)30(32)33/h2-12H,1H3,(H,23,31)(H,24,27,28). The van der Waals surface area contributed by atoms with Gasteiger partial charge in [0.25, 0.3) is 5.69 Å². The van der Waals surface area contributed by atoms with Crippen molar-refractivity contribution < 1.29 is 9.72 Å². The van der Waals surface area contributed by atoms with E-state index in [1.165, 1.54) is 30.4 Å². The van der Waals surface area contributed by atoms with E-state index in [4.69, 9.17) is 0 Å². The number of fused-ring (bicyclic) bond motifs is 1. The minimum absolute atomic E-state index is 0.00987. The van der Waals surface area contributed by atoms with Gasteiger partial charge in [0.15, 0.2) is 5.82 Å². The first kappa shape index (κ1) is 21.2. The van der Waals surface area contributed by atoms with Gasteiger partial charge in [0.05, 0.1) is 16.3 Å². The highest BCUT2D eigenvalue weighted by molar-refractivity contribution is 7.15. The number of thiazole rings is 1. The van der Waals surface area contributed by atoms with Crippen molar-refractivity contribution in [1.82, 2.24) is 24.8 Å². The van der Waals surface area contributed by atoms with Crippen molar-refractivity contribution in [2.45, 2.75) is 6.92 Å². The molecule has 5 rings (SSSR count). The average molecular weight is 472 g/mol. The van der Waals surface area contributed by atoms with Crippen LogP contribution in [-0.2, 0) is 4.79 Å². The molecule has 0 fully saturated rings. The van der Waals surface area contributed by atoms with Crippen LogP contribution in [0, 0.1) is 10.1 Å². The Bertz CT molecular complexity index is 1510. The Morgan fingerprint density at radius 2 is 1.88 bits per heavy atom. The summed E-state index contributed by atoms with van der Waals surface area (Å²) in [6.45, 7) is 1.46. The van der Waals surface area contributed by atoms with Gasteiger partial charge in [-0.1, -0.05) is 24.3 Å². The summed E-state index contributed by atoms with van der Waals surface area (Å²) in [6, 6.07) is 17.1. The lowest BCUT2D eigenvalue weighted by molar-refractivity contribution is -0.384. The average Bonchev–Trinajstić information content (AvgIpc) is 3.40. The lowest BCUT2D eigenvalue weighted by Gasteiger charge is -2.04. The normalized spacial score (nSPS) is 10.9. The number of nitrogens with one attached hydrogen (secondary N) is 2. The number of carbonyl (C=O) groups is 1. The summed E-state index contributed by atoms with van der Waals surface area (Å²) in [4.78, 5) is 26.9. The topological polar surface area (TPSA) is 140 Å². The van der Waals surface area contributed by atoms with Crippen molar-refractivity contribution in [3.05, 3.63) is 76.2 Å². The quantitative estimate of drug-likeness (QED) is 0.271. The summed E-state index contributed by atoms with van der Waals surface area (Å²) in [7, 11) is 0. The Balaban J connectivity index is 1.35. The van der Waals surface area contributed by atoms with Crippen LogP contribution < -0.4 is 10.6 Å². The van der Waals surface area contributed by atoms with Gasteiger partial charge in [-0.25, -0.2) is 4.52 Å². The summed E-state index contributed by atoms with van der Waals surface area (Å²) in [5.41, 5.74) is 3.61. The number of amides is 1. The van der Waals surface area contributed by atoms with Gasteiger partial charge in [0, 0.05) is 41.3 Å². The molecule has 12 heteroatoms. The van der Waals surface area contributed by atoms with Crippen LogP contribution in [-0.4, -0.2) is 35.6 Å². The first-order valence-corrected chi connectivity index (χ1v) is 10.9. The predicted molar refractivity (Wildman–Crippen MR) is 128 cm³/mol. The molecular weight excluding hydrogens is 456 g/mol. The fraction of sp³-hybridized carbons (Fsp3) is 0.0455. The smallest absolute Gasteiger partial charge is 0.270 e. The van der Waals surface area contributed by atoms with Gasteiger partial charge in [0.2, 0.25) is 16.8 Å². The van der Waals surface area contributed by atoms with Crippen LogP contribution in [0.15, 0.2) is 66.0 Å². The van der Waals surface area contributed by atoms with Crippen LogP contribution in [0.4, 0.5) is 23.1 Å². The van der Waals surface area contributed by atoms with Crippen molar-refractivity contribution in [3.63, 3.8) is 0 Å². The largest absolute Gasteiger partial charge is 0.326 e. The molecule has 0 saturated carbocycles. The van der Waals surface area contributed by atoms with Gasteiger partial charge in [0.1, 0.15) is 0 Å². The van der Waals surface area contributed by atoms with E-state index in [1.54, 1.807) is 28.8 Å². The zero-order valence-electron chi connectivity index (χ0n) is 17.7. The maximum atomic E-state index is 11.2. The number of benzene rings is 2. The fourth-order valence-corrected chi connectivity index (χ4v) is 4.14. The lowest BCUT2D eigenvalue weighted by atomic mass is 10.1. The van der Waals surface area contributed by atoms with Crippen LogP contribution >= 0.6 is 11.3 Å². The number of aromatic nitrogens is 5. The number of carbonyl (C=O) groups excluding carboxylic acids is 1. The van der Waals surface area contributed by atoms with Crippen LogP contribution in [0.2, 0.25) is 0 Å². The van der Waals surface area contributed by atoms with E-state index < -0.39 is 4.92 Å². The van der Waals surface area contributed by atoms with Crippen molar-refractivity contribution in [1.29, 1.82) is 0 Å². The fourth-order valence-electron chi connectivity index (χ4n) is 3.31. The van der Waals surface area contributed by atoms with Crippen molar-refractivity contribution in [2.75, 3.05) is 10.6 Å². The highest BCUT2D eigenvalue weighted by Crippen LogP contribution is 2.28. The molecule has 3 aromatic heterocycles. The Hall–Kier alpha value is -4.71. The molecule has 11 nitrogen and oxygen atoms in total. The van der Waals surface area contributed by atoms with E-state index in [0.717, 1.165) is 16.9 Å². The van der Waals surface area contributed by atoms with Crippen LogP contribution in [0.5, 0.6) is 0 Å². The Labute approximate surface area is 196 Å². The summed E-state index contributed by atoms with van der Waals surface area (Å²) >= 11 is 1.45. The Morgan fingerprint density at radius 3 is 2.59 bits per heavy atom. The van der Waals surface area contributed by atoms with E-state index in [9.17, 15) is 14.9 Å². The van der Waals surface area contributed by atoms with Gasteiger partial charge >= 0.3 is 0 Å². The van der Waals surface area contributed by atoms with Gasteiger partial charge in [-0.2, -0.15) is 4.98 Å². The second kappa shape index (κ2) is 8.67. The molecule has 0 bridgehead atoms. The number of nitrogens with zero attached hydrogens (tertiary/aromatic N) is 6. The number of hydrogen-bond donors (Lipinski definition) is 2. The van der Waals surface area contributed by atoms with Gasteiger partial charge in [-0.3, -0.25) is 14.9 Å². The highest BCUT2D eigenvalue weighted by atomic mass is 32.1. The monoisotopic (exact) mass is 472 g/mol. The van der Waals surface area contributed by atoms with E-state index >= 15 is 0 Å². The molecule has 5 aromatic rings.